The van der Waals surface area contributed by atoms with Crippen LogP contribution in [0.4, 0.5) is 5.69 Å². The SMILES string of the molecule is CC(NCCCN1CCC(O)CC1)c1cccc(N2CCCC2=O)c1. The zero-order valence-electron chi connectivity index (χ0n) is 15.3. The monoisotopic (exact) mass is 345 g/mol. The van der Waals surface area contributed by atoms with Crippen LogP contribution in [0.3, 0.4) is 0 Å². The average molecular weight is 345 g/mol. The van der Waals surface area contributed by atoms with E-state index in [0.717, 1.165) is 64.1 Å². The highest BCUT2D eigenvalue weighted by Crippen LogP contribution is 2.24. The van der Waals surface area contributed by atoms with Gasteiger partial charge in [0.1, 0.15) is 0 Å². The first-order valence-electron chi connectivity index (χ1n) is 9.67. The number of anilines is 1. The van der Waals surface area contributed by atoms with Gasteiger partial charge in [0.25, 0.3) is 0 Å². The molecule has 0 spiro atoms. The fourth-order valence-corrected chi connectivity index (χ4v) is 3.77. The van der Waals surface area contributed by atoms with Crippen LogP contribution < -0.4 is 10.2 Å². The highest BCUT2D eigenvalue weighted by atomic mass is 16.3. The van der Waals surface area contributed by atoms with E-state index >= 15 is 0 Å². The Labute approximate surface area is 151 Å². The van der Waals surface area contributed by atoms with Crippen molar-refractivity contribution in [2.24, 2.45) is 0 Å². The van der Waals surface area contributed by atoms with Crippen LogP contribution in [0, 0.1) is 0 Å². The van der Waals surface area contributed by atoms with Gasteiger partial charge < -0.3 is 20.2 Å². The first-order chi connectivity index (χ1) is 12.1. The molecule has 2 heterocycles. The van der Waals surface area contributed by atoms with E-state index in [0.29, 0.717) is 6.42 Å². The summed E-state index contributed by atoms with van der Waals surface area (Å²) in [5.74, 6) is 0.240. The summed E-state index contributed by atoms with van der Waals surface area (Å²) in [6, 6.07) is 8.64. The van der Waals surface area contributed by atoms with Gasteiger partial charge in [-0.1, -0.05) is 12.1 Å². The van der Waals surface area contributed by atoms with Crippen molar-refractivity contribution in [3.05, 3.63) is 29.8 Å². The van der Waals surface area contributed by atoms with E-state index in [1.807, 2.05) is 17.0 Å². The van der Waals surface area contributed by atoms with Gasteiger partial charge >= 0.3 is 0 Å². The summed E-state index contributed by atoms with van der Waals surface area (Å²) < 4.78 is 0. The summed E-state index contributed by atoms with van der Waals surface area (Å²) in [5.41, 5.74) is 2.26. The third-order valence-electron chi connectivity index (χ3n) is 5.41. The van der Waals surface area contributed by atoms with Gasteiger partial charge in [-0.25, -0.2) is 0 Å². The van der Waals surface area contributed by atoms with Gasteiger partial charge in [-0.05, 0) is 63.4 Å². The lowest BCUT2D eigenvalue weighted by atomic mass is 10.1. The quantitative estimate of drug-likeness (QED) is 0.745. The van der Waals surface area contributed by atoms with Crippen LogP contribution in [0.5, 0.6) is 0 Å². The van der Waals surface area contributed by atoms with Gasteiger partial charge in [-0.3, -0.25) is 4.79 Å². The first-order valence-corrected chi connectivity index (χ1v) is 9.67. The number of benzene rings is 1. The second kappa shape index (κ2) is 8.79. The number of nitrogens with zero attached hydrogens (tertiary/aromatic N) is 2. The molecule has 0 radical (unpaired) electrons. The van der Waals surface area contributed by atoms with E-state index in [2.05, 4.69) is 29.3 Å². The van der Waals surface area contributed by atoms with Gasteiger partial charge in [0, 0.05) is 37.8 Å². The molecule has 1 atom stereocenters. The summed E-state index contributed by atoms with van der Waals surface area (Å²) in [7, 11) is 0. The standard InChI is InChI=1S/C20H31N3O2/c1-16(21-10-4-11-22-13-8-19(24)9-14-22)17-5-2-6-18(15-17)23-12-3-7-20(23)25/h2,5-6,15-16,19,21,24H,3-4,7-14H2,1H3. The van der Waals surface area contributed by atoms with E-state index in [9.17, 15) is 9.90 Å². The largest absolute Gasteiger partial charge is 0.393 e. The molecule has 2 N–H and O–H groups in total. The maximum absolute atomic E-state index is 11.9. The number of carbonyl (C=O) groups excluding carboxylic acids is 1. The summed E-state index contributed by atoms with van der Waals surface area (Å²) in [5, 5.41) is 13.1. The van der Waals surface area contributed by atoms with Crippen LogP contribution >= 0.6 is 0 Å². The van der Waals surface area contributed by atoms with Gasteiger partial charge in [0.15, 0.2) is 0 Å². The Morgan fingerprint density at radius 1 is 1.28 bits per heavy atom. The number of aliphatic hydroxyl groups excluding tert-OH is 1. The Bertz CT molecular complexity index is 570. The molecule has 5 heteroatoms. The molecule has 1 amide bonds. The fraction of sp³-hybridized carbons (Fsp3) is 0.650. The Morgan fingerprint density at radius 2 is 2.08 bits per heavy atom. The van der Waals surface area contributed by atoms with Crippen molar-refractivity contribution in [3.63, 3.8) is 0 Å². The lowest BCUT2D eigenvalue weighted by Crippen LogP contribution is -2.37. The molecule has 0 saturated carbocycles. The van der Waals surface area contributed by atoms with Crippen LogP contribution in [-0.4, -0.2) is 54.7 Å². The lowest BCUT2D eigenvalue weighted by Gasteiger charge is -2.29. The molecule has 3 rings (SSSR count). The van der Waals surface area contributed by atoms with Crippen LogP contribution in [0.15, 0.2) is 24.3 Å². The van der Waals surface area contributed by atoms with Crippen molar-refractivity contribution >= 4 is 11.6 Å². The van der Waals surface area contributed by atoms with Crippen molar-refractivity contribution in [1.82, 2.24) is 10.2 Å². The Morgan fingerprint density at radius 3 is 2.80 bits per heavy atom. The number of hydrogen-bond acceptors (Lipinski definition) is 4. The summed E-state index contributed by atoms with van der Waals surface area (Å²) in [6.45, 7) is 7.13. The van der Waals surface area contributed by atoms with E-state index in [1.165, 1.54) is 5.56 Å². The number of hydrogen-bond donors (Lipinski definition) is 2. The normalized spacial score (nSPS) is 21.0. The molecule has 1 aromatic rings. The molecule has 0 aliphatic carbocycles. The van der Waals surface area contributed by atoms with Crippen molar-refractivity contribution in [2.45, 2.75) is 51.2 Å². The summed E-state index contributed by atoms with van der Waals surface area (Å²) in [4.78, 5) is 16.3. The molecule has 2 aliphatic heterocycles. The molecule has 0 bridgehead atoms. The smallest absolute Gasteiger partial charge is 0.227 e. The Kier molecular flexibility index (Phi) is 6.45. The zero-order chi connectivity index (χ0) is 17.6. The molecule has 1 unspecified atom stereocenters. The minimum absolute atomic E-state index is 0.0934. The number of nitrogens with one attached hydrogen (secondary N) is 1. The predicted octanol–water partition coefficient (Wildman–Crippen LogP) is 2.31. The van der Waals surface area contributed by atoms with Gasteiger partial charge in [-0.15, -0.1) is 0 Å². The van der Waals surface area contributed by atoms with Crippen LogP contribution in [0.25, 0.3) is 0 Å². The molecule has 5 nitrogen and oxygen atoms in total. The van der Waals surface area contributed by atoms with E-state index in [4.69, 9.17) is 0 Å². The maximum atomic E-state index is 11.9. The van der Waals surface area contributed by atoms with E-state index in [-0.39, 0.29) is 18.1 Å². The minimum Gasteiger partial charge on any atom is -0.393 e. The van der Waals surface area contributed by atoms with Gasteiger partial charge in [0.2, 0.25) is 5.91 Å². The molecular weight excluding hydrogens is 314 g/mol. The van der Waals surface area contributed by atoms with Crippen molar-refractivity contribution in [2.75, 3.05) is 37.6 Å². The lowest BCUT2D eigenvalue weighted by molar-refractivity contribution is -0.117. The molecule has 2 fully saturated rings. The van der Waals surface area contributed by atoms with Crippen molar-refractivity contribution < 1.29 is 9.90 Å². The predicted molar refractivity (Wildman–Crippen MR) is 101 cm³/mol. The minimum atomic E-state index is -0.0934. The number of aliphatic hydroxyl groups is 1. The molecule has 25 heavy (non-hydrogen) atoms. The number of amides is 1. The van der Waals surface area contributed by atoms with Crippen LogP contribution in [0.1, 0.15) is 50.6 Å². The molecule has 0 aromatic heterocycles. The third-order valence-corrected chi connectivity index (χ3v) is 5.41. The van der Waals surface area contributed by atoms with Crippen molar-refractivity contribution in [3.8, 4) is 0 Å². The second-order valence-corrected chi connectivity index (χ2v) is 7.35. The summed E-state index contributed by atoms with van der Waals surface area (Å²) in [6.07, 6.45) is 4.47. The number of piperidine rings is 1. The Balaban J connectivity index is 1.43. The maximum Gasteiger partial charge on any atom is 0.227 e. The molecular formula is C20H31N3O2. The second-order valence-electron chi connectivity index (χ2n) is 7.35. The number of carbonyl (C=O) groups is 1. The number of likely N-dealkylation sites (tertiary alicyclic amines) is 1. The van der Waals surface area contributed by atoms with Crippen LogP contribution in [-0.2, 0) is 4.79 Å². The van der Waals surface area contributed by atoms with Gasteiger partial charge in [0.05, 0.1) is 6.10 Å². The summed E-state index contributed by atoms with van der Waals surface area (Å²) >= 11 is 0. The highest BCUT2D eigenvalue weighted by molar-refractivity contribution is 5.95. The van der Waals surface area contributed by atoms with Crippen molar-refractivity contribution in [1.29, 1.82) is 0 Å². The molecule has 2 aliphatic rings. The van der Waals surface area contributed by atoms with Gasteiger partial charge in [-0.2, -0.15) is 0 Å². The van der Waals surface area contributed by atoms with Crippen LogP contribution in [0.2, 0.25) is 0 Å². The molecule has 2 saturated heterocycles. The highest BCUT2D eigenvalue weighted by Gasteiger charge is 2.22. The zero-order valence-corrected chi connectivity index (χ0v) is 15.3. The van der Waals surface area contributed by atoms with E-state index in [1.54, 1.807) is 0 Å². The Hall–Kier alpha value is -1.43. The number of rotatable bonds is 7. The first kappa shape index (κ1) is 18.4. The molecule has 138 valence electrons. The van der Waals surface area contributed by atoms with E-state index < -0.39 is 0 Å². The molecule has 1 aromatic carbocycles. The topological polar surface area (TPSA) is 55.8 Å². The average Bonchev–Trinajstić information content (AvgIpc) is 3.06. The fourth-order valence-electron chi connectivity index (χ4n) is 3.77. The third kappa shape index (κ3) is 5.03.